The molecule has 2 aromatic carbocycles. The van der Waals surface area contributed by atoms with Crippen molar-refractivity contribution in [3.05, 3.63) is 54.1 Å². The molecular weight excluding hydrogens is 422 g/mol. The molecule has 0 radical (unpaired) electrons. The lowest BCUT2D eigenvalue weighted by Gasteiger charge is -2.29. The molecular formula is C28H41N5O. The van der Waals surface area contributed by atoms with Gasteiger partial charge in [-0.1, -0.05) is 31.7 Å². The van der Waals surface area contributed by atoms with Crippen molar-refractivity contribution in [2.24, 2.45) is 5.92 Å². The minimum Gasteiger partial charge on any atom is -0.491 e. The number of fused-ring (bicyclic) bond motifs is 1. The van der Waals surface area contributed by atoms with Crippen molar-refractivity contribution in [2.45, 2.75) is 65.6 Å². The van der Waals surface area contributed by atoms with E-state index in [9.17, 15) is 0 Å². The molecule has 3 aromatic rings. The van der Waals surface area contributed by atoms with E-state index in [0.717, 1.165) is 60.3 Å². The lowest BCUT2D eigenvalue weighted by molar-refractivity contribution is 0.242. The Hall–Kier alpha value is -2.86. The molecule has 1 saturated carbocycles. The predicted molar refractivity (Wildman–Crippen MR) is 144 cm³/mol. The van der Waals surface area contributed by atoms with Gasteiger partial charge in [-0.3, -0.25) is 0 Å². The fraction of sp³-hybridized carbons (Fsp3) is 0.500. The Bertz CT molecular complexity index is 1030. The van der Waals surface area contributed by atoms with E-state index in [0.29, 0.717) is 6.04 Å². The fourth-order valence-electron chi connectivity index (χ4n) is 4.54. The van der Waals surface area contributed by atoms with Gasteiger partial charge in [-0.25, -0.2) is 4.98 Å². The van der Waals surface area contributed by atoms with Crippen molar-refractivity contribution < 1.29 is 4.74 Å². The molecule has 0 amide bonds. The number of rotatable bonds is 9. The van der Waals surface area contributed by atoms with Gasteiger partial charge in [0.1, 0.15) is 11.6 Å². The molecule has 1 fully saturated rings. The monoisotopic (exact) mass is 463 g/mol. The number of anilines is 2. The minimum atomic E-state index is 0. The maximum absolute atomic E-state index is 5.72. The summed E-state index contributed by atoms with van der Waals surface area (Å²) in [4.78, 5) is 11.6. The highest BCUT2D eigenvalue weighted by atomic mass is 16.5. The van der Waals surface area contributed by atoms with Gasteiger partial charge in [0.2, 0.25) is 5.95 Å². The summed E-state index contributed by atoms with van der Waals surface area (Å²) < 4.78 is 5.72. The third-order valence-corrected chi connectivity index (χ3v) is 6.24. The van der Waals surface area contributed by atoms with Crippen LogP contribution in [0.1, 0.15) is 52.5 Å². The second kappa shape index (κ2) is 12.0. The summed E-state index contributed by atoms with van der Waals surface area (Å²) in [5.74, 6) is 3.36. The Morgan fingerprint density at radius 2 is 1.68 bits per heavy atom. The first-order valence-corrected chi connectivity index (χ1v) is 12.1. The molecule has 6 nitrogen and oxygen atoms in total. The van der Waals surface area contributed by atoms with Crippen LogP contribution in [0.4, 0.5) is 11.8 Å². The van der Waals surface area contributed by atoms with E-state index in [4.69, 9.17) is 14.7 Å². The van der Waals surface area contributed by atoms with Crippen LogP contribution in [0.3, 0.4) is 0 Å². The van der Waals surface area contributed by atoms with Crippen molar-refractivity contribution in [3.63, 3.8) is 0 Å². The molecule has 0 unspecified atom stereocenters. The molecule has 34 heavy (non-hydrogen) atoms. The Kier molecular flexibility index (Phi) is 9.11. The van der Waals surface area contributed by atoms with E-state index in [1.54, 1.807) is 0 Å². The molecule has 0 aliphatic heterocycles. The summed E-state index contributed by atoms with van der Waals surface area (Å²) in [6.07, 6.45) is 4.96. The highest BCUT2D eigenvalue weighted by Gasteiger charge is 2.22. The fourth-order valence-corrected chi connectivity index (χ4v) is 4.54. The molecule has 0 bridgehead atoms. The van der Waals surface area contributed by atoms with Gasteiger partial charge < -0.3 is 20.3 Å². The maximum Gasteiger partial charge on any atom is 0.225 e. The zero-order chi connectivity index (χ0) is 23.2. The lowest BCUT2D eigenvalue weighted by atomic mass is 9.86. The highest BCUT2D eigenvalue weighted by Crippen LogP contribution is 2.28. The molecule has 4 rings (SSSR count). The lowest BCUT2D eigenvalue weighted by Crippen LogP contribution is -2.31. The number of nitrogens with zero attached hydrogens (tertiary/aromatic N) is 3. The first-order chi connectivity index (χ1) is 16.0. The van der Waals surface area contributed by atoms with Crippen LogP contribution in [-0.4, -0.2) is 42.8 Å². The van der Waals surface area contributed by atoms with Crippen LogP contribution in [0.25, 0.3) is 10.9 Å². The first kappa shape index (κ1) is 25.8. The first-order valence-electron chi connectivity index (χ1n) is 12.1. The smallest absolute Gasteiger partial charge is 0.225 e. The quantitative estimate of drug-likeness (QED) is 0.413. The number of ether oxygens (including phenoxy) is 1. The van der Waals surface area contributed by atoms with Crippen molar-refractivity contribution in [1.29, 1.82) is 0 Å². The van der Waals surface area contributed by atoms with Crippen LogP contribution >= 0.6 is 0 Å². The van der Waals surface area contributed by atoms with Gasteiger partial charge in [0.05, 0.1) is 11.6 Å². The van der Waals surface area contributed by atoms with E-state index in [1.165, 1.54) is 18.4 Å². The van der Waals surface area contributed by atoms with Crippen molar-refractivity contribution in [3.8, 4) is 5.75 Å². The van der Waals surface area contributed by atoms with Gasteiger partial charge in [0.25, 0.3) is 0 Å². The van der Waals surface area contributed by atoms with Gasteiger partial charge in [0.15, 0.2) is 0 Å². The average Bonchev–Trinajstić information content (AvgIpc) is 2.80. The molecule has 1 aliphatic rings. The zero-order valence-electron chi connectivity index (χ0n) is 20.3. The van der Waals surface area contributed by atoms with E-state index < -0.39 is 0 Å². The number of aromatic nitrogens is 2. The number of nitrogens with one attached hydrogen (secondary N) is 2. The predicted octanol–water partition coefficient (Wildman–Crippen LogP) is 5.88. The van der Waals surface area contributed by atoms with Gasteiger partial charge in [-0.2, -0.15) is 4.98 Å². The normalized spacial score (nSPS) is 17.9. The van der Waals surface area contributed by atoms with E-state index in [2.05, 4.69) is 65.8 Å². The van der Waals surface area contributed by atoms with Gasteiger partial charge >= 0.3 is 0 Å². The van der Waals surface area contributed by atoms with Crippen LogP contribution in [0.2, 0.25) is 0 Å². The van der Waals surface area contributed by atoms with Crippen LogP contribution in [-0.2, 0) is 6.54 Å². The minimum absolute atomic E-state index is 0. The highest BCUT2D eigenvalue weighted by molar-refractivity contribution is 5.90. The Morgan fingerprint density at radius 1 is 0.971 bits per heavy atom. The summed E-state index contributed by atoms with van der Waals surface area (Å²) >= 11 is 0. The molecule has 0 spiro atoms. The molecule has 2 N–H and O–H groups in total. The number of hydrogen-bond acceptors (Lipinski definition) is 6. The summed E-state index contributed by atoms with van der Waals surface area (Å²) in [5.41, 5.74) is 2.28. The topological polar surface area (TPSA) is 62.3 Å². The summed E-state index contributed by atoms with van der Waals surface area (Å²) in [5, 5.41) is 8.34. The Morgan fingerprint density at radius 3 is 2.35 bits per heavy atom. The maximum atomic E-state index is 5.72. The SMILES string of the molecule is C.CC(C)Oc1ccc(CNCC2CCC(Nc3nc(N(C)C)c4ccccc4n3)CC2)cc1. The van der Waals surface area contributed by atoms with Crippen LogP contribution < -0.4 is 20.3 Å². The van der Waals surface area contributed by atoms with Crippen molar-refractivity contribution in [1.82, 2.24) is 15.3 Å². The largest absolute Gasteiger partial charge is 0.491 e. The molecule has 1 aromatic heterocycles. The van der Waals surface area contributed by atoms with Gasteiger partial charge in [0, 0.05) is 32.1 Å². The standard InChI is InChI=1S/C27H37N5O.CH4/c1-19(2)33-23-15-11-21(12-16-23)18-28-17-20-9-13-22(14-10-20)29-27-30-25-8-6-5-7-24(25)26(31-27)32(3)4;/h5-8,11-12,15-16,19-20,22,28H,9-10,13-14,17-18H2,1-4H3,(H,29,30,31);1H4. The number of para-hydroxylation sites is 1. The van der Waals surface area contributed by atoms with Crippen molar-refractivity contribution >= 4 is 22.7 Å². The van der Waals surface area contributed by atoms with E-state index >= 15 is 0 Å². The molecule has 184 valence electrons. The second-order valence-electron chi connectivity index (χ2n) is 9.59. The molecule has 1 heterocycles. The van der Waals surface area contributed by atoms with Crippen molar-refractivity contribution in [2.75, 3.05) is 30.9 Å². The summed E-state index contributed by atoms with van der Waals surface area (Å²) in [6.45, 7) is 6.07. The van der Waals surface area contributed by atoms with Gasteiger partial charge in [-0.05, 0) is 81.8 Å². The third-order valence-electron chi connectivity index (χ3n) is 6.24. The number of benzene rings is 2. The van der Waals surface area contributed by atoms with Gasteiger partial charge in [-0.15, -0.1) is 0 Å². The molecule has 0 saturated heterocycles. The van der Waals surface area contributed by atoms with E-state index in [-0.39, 0.29) is 13.5 Å². The van der Waals surface area contributed by atoms with Crippen LogP contribution in [0.15, 0.2) is 48.5 Å². The summed E-state index contributed by atoms with van der Waals surface area (Å²) in [7, 11) is 4.06. The Balaban J connectivity index is 0.00000324. The third kappa shape index (κ3) is 6.83. The molecule has 6 heteroatoms. The molecule has 0 atom stereocenters. The second-order valence-corrected chi connectivity index (χ2v) is 9.59. The van der Waals surface area contributed by atoms with E-state index in [1.807, 2.05) is 26.2 Å². The molecule has 1 aliphatic carbocycles. The average molecular weight is 464 g/mol. The summed E-state index contributed by atoms with van der Waals surface area (Å²) in [6, 6.07) is 17.1. The number of hydrogen-bond donors (Lipinski definition) is 2. The van der Waals surface area contributed by atoms with Crippen LogP contribution in [0.5, 0.6) is 5.75 Å². The Labute approximate surface area is 205 Å². The van der Waals surface area contributed by atoms with Crippen LogP contribution in [0, 0.1) is 5.92 Å². The zero-order valence-corrected chi connectivity index (χ0v) is 20.3.